The fraction of sp³-hybridized carbons (Fsp3) is 0.133. The van der Waals surface area contributed by atoms with Crippen molar-refractivity contribution in [2.75, 3.05) is 5.32 Å². The quantitative estimate of drug-likeness (QED) is 0.787. The standard InChI is InChI=1S/C15H15N5/c1-20-11-12(10-17-20)9-16-15-8-7-14(18-19-15)13-5-3-2-4-6-13/h2-8,10-11H,9H2,1H3,(H,16,19). The first-order chi connectivity index (χ1) is 9.81. The van der Waals surface area contributed by atoms with Gasteiger partial charge in [0, 0.05) is 30.9 Å². The van der Waals surface area contributed by atoms with Gasteiger partial charge in [-0.25, -0.2) is 0 Å². The first-order valence-corrected chi connectivity index (χ1v) is 6.42. The molecule has 3 rings (SSSR count). The maximum absolute atomic E-state index is 4.23. The number of benzene rings is 1. The molecule has 0 unspecified atom stereocenters. The number of hydrogen-bond acceptors (Lipinski definition) is 4. The van der Waals surface area contributed by atoms with Crippen molar-refractivity contribution in [3.63, 3.8) is 0 Å². The van der Waals surface area contributed by atoms with Gasteiger partial charge in [-0.3, -0.25) is 4.68 Å². The van der Waals surface area contributed by atoms with Gasteiger partial charge >= 0.3 is 0 Å². The van der Waals surface area contributed by atoms with Crippen LogP contribution in [0.2, 0.25) is 0 Å². The second kappa shape index (κ2) is 5.52. The van der Waals surface area contributed by atoms with Crippen LogP contribution in [0.5, 0.6) is 0 Å². The fourth-order valence-electron chi connectivity index (χ4n) is 1.95. The molecule has 5 heteroatoms. The van der Waals surface area contributed by atoms with Crippen molar-refractivity contribution in [1.29, 1.82) is 0 Å². The molecule has 0 saturated heterocycles. The Hall–Kier alpha value is -2.69. The monoisotopic (exact) mass is 265 g/mol. The van der Waals surface area contributed by atoms with E-state index in [1.807, 2.05) is 61.9 Å². The highest BCUT2D eigenvalue weighted by atomic mass is 15.2. The van der Waals surface area contributed by atoms with Gasteiger partial charge in [-0.2, -0.15) is 5.10 Å². The molecule has 0 aliphatic carbocycles. The summed E-state index contributed by atoms with van der Waals surface area (Å²) in [5, 5.41) is 15.8. The van der Waals surface area contributed by atoms with Gasteiger partial charge < -0.3 is 5.32 Å². The van der Waals surface area contributed by atoms with Crippen molar-refractivity contribution in [1.82, 2.24) is 20.0 Å². The molecule has 100 valence electrons. The fourth-order valence-corrected chi connectivity index (χ4v) is 1.95. The predicted octanol–water partition coefficient (Wildman–Crippen LogP) is 2.49. The summed E-state index contributed by atoms with van der Waals surface area (Å²) in [7, 11) is 1.90. The van der Waals surface area contributed by atoms with Crippen molar-refractivity contribution < 1.29 is 0 Å². The molecular weight excluding hydrogens is 250 g/mol. The van der Waals surface area contributed by atoms with E-state index >= 15 is 0 Å². The van der Waals surface area contributed by atoms with E-state index in [1.165, 1.54) is 0 Å². The Morgan fingerprint density at radius 3 is 2.55 bits per heavy atom. The van der Waals surface area contributed by atoms with E-state index in [9.17, 15) is 0 Å². The SMILES string of the molecule is Cn1cc(CNc2ccc(-c3ccccc3)nn2)cn1. The molecule has 20 heavy (non-hydrogen) atoms. The average molecular weight is 265 g/mol. The van der Waals surface area contributed by atoms with E-state index in [-0.39, 0.29) is 0 Å². The van der Waals surface area contributed by atoms with Gasteiger partial charge in [0.1, 0.15) is 5.82 Å². The van der Waals surface area contributed by atoms with Crippen LogP contribution in [-0.2, 0) is 13.6 Å². The molecule has 0 fully saturated rings. The lowest BCUT2D eigenvalue weighted by Crippen LogP contribution is -2.01. The Bertz CT molecular complexity index is 673. The molecular formula is C15H15N5. The van der Waals surface area contributed by atoms with E-state index in [0.717, 1.165) is 22.6 Å². The van der Waals surface area contributed by atoms with Gasteiger partial charge in [-0.1, -0.05) is 30.3 Å². The van der Waals surface area contributed by atoms with E-state index in [1.54, 1.807) is 4.68 Å². The Morgan fingerprint density at radius 1 is 1.05 bits per heavy atom. The third-order valence-corrected chi connectivity index (χ3v) is 2.97. The van der Waals surface area contributed by atoms with Gasteiger partial charge in [0.25, 0.3) is 0 Å². The zero-order valence-corrected chi connectivity index (χ0v) is 11.2. The summed E-state index contributed by atoms with van der Waals surface area (Å²) in [6.07, 6.45) is 3.80. The number of aryl methyl sites for hydroxylation is 1. The zero-order chi connectivity index (χ0) is 13.8. The molecule has 0 atom stereocenters. The van der Waals surface area contributed by atoms with Crippen molar-refractivity contribution >= 4 is 5.82 Å². The number of anilines is 1. The molecule has 5 nitrogen and oxygen atoms in total. The Labute approximate surface area is 117 Å². The van der Waals surface area contributed by atoms with E-state index in [2.05, 4.69) is 20.6 Å². The number of aromatic nitrogens is 4. The van der Waals surface area contributed by atoms with Crippen LogP contribution in [-0.4, -0.2) is 20.0 Å². The smallest absolute Gasteiger partial charge is 0.148 e. The van der Waals surface area contributed by atoms with E-state index < -0.39 is 0 Å². The van der Waals surface area contributed by atoms with Crippen LogP contribution in [0.15, 0.2) is 54.9 Å². The van der Waals surface area contributed by atoms with Crippen LogP contribution in [0.25, 0.3) is 11.3 Å². The van der Waals surface area contributed by atoms with Crippen LogP contribution < -0.4 is 5.32 Å². The molecule has 2 aromatic heterocycles. The van der Waals surface area contributed by atoms with Gasteiger partial charge in [0.05, 0.1) is 11.9 Å². The minimum atomic E-state index is 0.688. The van der Waals surface area contributed by atoms with Gasteiger partial charge in [0.15, 0.2) is 0 Å². The summed E-state index contributed by atoms with van der Waals surface area (Å²) in [6, 6.07) is 13.9. The van der Waals surface area contributed by atoms with Gasteiger partial charge in [0.2, 0.25) is 0 Å². The Kier molecular flexibility index (Phi) is 3.41. The van der Waals surface area contributed by atoms with Crippen LogP contribution >= 0.6 is 0 Å². The third kappa shape index (κ3) is 2.83. The molecule has 3 aromatic rings. The molecule has 2 heterocycles. The molecule has 0 amide bonds. The largest absolute Gasteiger partial charge is 0.364 e. The highest BCUT2D eigenvalue weighted by Gasteiger charge is 2.01. The van der Waals surface area contributed by atoms with Gasteiger partial charge in [-0.15, -0.1) is 10.2 Å². The number of hydrogen-bond donors (Lipinski definition) is 1. The van der Waals surface area contributed by atoms with E-state index in [4.69, 9.17) is 0 Å². The predicted molar refractivity (Wildman–Crippen MR) is 78.0 cm³/mol. The topological polar surface area (TPSA) is 55.6 Å². The number of nitrogens with one attached hydrogen (secondary N) is 1. The molecule has 1 aromatic carbocycles. The lowest BCUT2D eigenvalue weighted by molar-refractivity contribution is 0.767. The first-order valence-electron chi connectivity index (χ1n) is 6.42. The van der Waals surface area contributed by atoms with Crippen LogP contribution in [0.3, 0.4) is 0 Å². The highest BCUT2D eigenvalue weighted by molar-refractivity contribution is 5.59. The maximum Gasteiger partial charge on any atom is 0.148 e. The lowest BCUT2D eigenvalue weighted by Gasteiger charge is -2.04. The summed E-state index contributed by atoms with van der Waals surface area (Å²) in [5.74, 6) is 0.758. The third-order valence-electron chi connectivity index (χ3n) is 2.97. The maximum atomic E-state index is 4.23. The molecule has 0 radical (unpaired) electrons. The Morgan fingerprint density at radius 2 is 1.90 bits per heavy atom. The van der Waals surface area contributed by atoms with Crippen molar-refractivity contribution in [2.24, 2.45) is 7.05 Å². The summed E-state index contributed by atoms with van der Waals surface area (Å²) in [6.45, 7) is 0.688. The van der Waals surface area contributed by atoms with E-state index in [0.29, 0.717) is 6.54 Å². The molecule has 0 aliphatic heterocycles. The van der Waals surface area contributed by atoms with Crippen molar-refractivity contribution in [3.05, 3.63) is 60.4 Å². The first kappa shape index (κ1) is 12.3. The van der Waals surface area contributed by atoms with Crippen LogP contribution in [0.1, 0.15) is 5.56 Å². The molecule has 1 N–H and O–H groups in total. The molecule has 0 bridgehead atoms. The van der Waals surface area contributed by atoms with Crippen LogP contribution in [0, 0.1) is 0 Å². The summed E-state index contributed by atoms with van der Waals surface area (Å²) in [5.41, 5.74) is 3.05. The molecule has 0 aliphatic rings. The lowest BCUT2D eigenvalue weighted by atomic mass is 10.1. The summed E-state index contributed by atoms with van der Waals surface area (Å²) in [4.78, 5) is 0. The second-order valence-electron chi connectivity index (χ2n) is 4.55. The van der Waals surface area contributed by atoms with Crippen molar-refractivity contribution in [2.45, 2.75) is 6.54 Å². The minimum Gasteiger partial charge on any atom is -0.364 e. The second-order valence-corrected chi connectivity index (χ2v) is 4.55. The molecule has 0 saturated carbocycles. The van der Waals surface area contributed by atoms with Crippen LogP contribution in [0.4, 0.5) is 5.82 Å². The zero-order valence-electron chi connectivity index (χ0n) is 11.2. The molecule has 0 spiro atoms. The highest BCUT2D eigenvalue weighted by Crippen LogP contribution is 2.16. The average Bonchev–Trinajstić information content (AvgIpc) is 2.92. The number of nitrogens with zero attached hydrogens (tertiary/aromatic N) is 4. The Balaban J connectivity index is 1.67. The summed E-state index contributed by atoms with van der Waals surface area (Å²) < 4.78 is 1.78. The minimum absolute atomic E-state index is 0.688. The van der Waals surface area contributed by atoms with Gasteiger partial charge in [-0.05, 0) is 12.1 Å². The normalized spacial score (nSPS) is 10.4. The summed E-state index contributed by atoms with van der Waals surface area (Å²) >= 11 is 0. The number of rotatable bonds is 4. The van der Waals surface area contributed by atoms with Crippen molar-refractivity contribution in [3.8, 4) is 11.3 Å².